The minimum Gasteiger partial charge on any atom is -0.496 e. The molecule has 0 radical (unpaired) electrons. The number of benzene rings is 1. The van der Waals surface area contributed by atoms with Crippen molar-refractivity contribution in [3.8, 4) is 5.75 Å². The molecule has 0 unspecified atom stereocenters. The van der Waals surface area contributed by atoms with Crippen molar-refractivity contribution in [3.05, 3.63) is 23.3 Å². The monoisotopic (exact) mass is 376 g/mol. The van der Waals surface area contributed by atoms with Crippen molar-refractivity contribution in [1.29, 1.82) is 0 Å². The van der Waals surface area contributed by atoms with E-state index in [1.54, 1.807) is 40.0 Å². The van der Waals surface area contributed by atoms with Gasteiger partial charge >= 0.3 is 0 Å². The van der Waals surface area contributed by atoms with E-state index in [0.29, 0.717) is 11.3 Å². The molecule has 0 atom stereocenters. The summed E-state index contributed by atoms with van der Waals surface area (Å²) in [7, 11) is -5.40. The third-order valence-electron chi connectivity index (χ3n) is 4.27. The minimum absolute atomic E-state index is 0.0243. The molecule has 0 amide bonds. The topological polar surface area (TPSA) is 84.0 Å². The molecule has 0 aromatic heterocycles. The molecule has 0 aliphatic carbocycles. The maximum Gasteiger partial charge on any atom is 0.243 e. The van der Waals surface area contributed by atoms with Gasteiger partial charge in [0, 0.05) is 26.2 Å². The Hall–Kier alpha value is -1.16. The van der Waals surface area contributed by atoms with Crippen molar-refractivity contribution in [3.63, 3.8) is 0 Å². The fraction of sp³-hybridized carbons (Fsp3) is 0.600. The van der Waals surface area contributed by atoms with Crippen molar-refractivity contribution < 1.29 is 21.6 Å². The largest absolute Gasteiger partial charge is 0.496 e. The highest BCUT2D eigenvalue weighted by Crippen LogP contribution is 2.28. The van der Waals surface area contributed by atoms with Crippen LogP contribution in [0.5, 0.6) is 5.75 Å². The van der Waals surface area contributed by atoms with Gasteiger partial charge in [-0.1, -0.05) is 0 Å². The Bertz CT molecular complexity index is 811. The fourth-order valence-electron chi connectivity index (χ4n) is 2.77. The third-order valence-corrected chi connectivity index (χ3v) is 8.19. The smallest absolute Gasteiger partial charge is 0.243 e. The highest BCUT2D eigenvalue weighted by atomic mass is 32.2. The molecule has 1 aromatic rings. The van der Waals surface area contributed by atoms with Gasteiger partial charge in [0.15, 0.2) is 0 Å². The molecule has 7 nitrogen and oxygen atoms in total. The van der Waals surface area contributed by atoms with Crippen LogP contribution in [0, 0.1) is 13.8 Å². The van der Waals surface area contributed by atoms with Crippen LogP contribution in [0.25, 0.3) is 0 Å². The zero-order chi connectivity index (χ0) is 18.1. The van der Waals surface area contributed by atoms with Crippen LogP contribution in [0.2, 0.25) is 0 Å². The van der Waals surface area contributed by atoms with Gasteiger partial charge in [-0.05, 0) is 44.0 Å². The molecule has 1 aliphatic rings. The van der Waals surface area contributed by atoms with E-state index in [1.165, 1.54) is 8.61 Å². The van der Waals surface area contributed by atoms with E-state index in [2.05, 4.69) is 0 Å². The quantitative estimate of drug-likeness (QED) is 0.764. The first kappa shape index (κ1) is 19.2. The predicted molar refractivity (Wildman–Crippen MR) is 92.3 cm³/mol. The number of methoxy groups -OCH3 is 1. The van der Waals surface area contributed by atoms with Gasteiger partial charge in [-0.2, -0.15) is 8.61 Å². The molecule has 0 bridgehead atoms. The van der Waals surface area contributed by atoms with E-state index in [0.717, 1.165) is 5.56 Å². The van der Waals surface area contributed by atoms with Crippen molar-refractivity contribution in [2.24, 2.45) is 0 Å². The molecule has 1 fully saturated rings. The maximum absolute atomic E-state index is 12.9. The van der Waals surface area contributed by atoms with Crippen LogP contribution in [-0.4, -0.2) is 64.5 Å². The van der Waals surface area contributed by atoms with Crippen LogP contribution in [0.4, 0.5) is 0 Å². The standard InChI is InChI=1S/C15H24N2O5S2/c1-5-23(18,19)16-6-8-17(9-7-16)24(20,21)15-11-12(2)14(22-4)10-13(15)3/h10-11H,5-9H2,1-4H3. The van der Waals surface area contributed by atoms with Crippen LogP contribution in [0.15, 0.2) is 17.0 Å². The Labute approximate surface area is 144 Å². The first-order chi connectivity index (χ1) is 11.1. The SMILES string of the molecule is CCS(=O)(=O)N1CCN(S(=O)(=O)c2cc(C)c(OC)cc2C)CC1. The molecule has 1 heterocycles. The summed E-state index contributed by atoms with van der Waals surface area (Å²) in [6.45, 7) is 5.79. The summed E-state index contributed by atoms with van der Waals surface area (Å²) in [6, 6.07) is 3.32. The van der Waals surface area contributed by atoms with Crippen molar-refractivity contribution in [1.82, 2.24) is 8.61 Å². The van der Waals surface area contributed by atoms with Gasteiger partial charge in [0.05, 0.1) is 17.8 Å². The molecule has 9 heteroatoms. The Kier molecular flexibility index (Phi) is 5.58. The molecule has 1 saturated heterocycles. The van der Waals surface area contributed by atoms with Crippen LogP contribution < -0.4 is 4.74 Å². The van der Waals surface area contributed by atoms with Gasteiger partial charge in [-0.25, -0.2) is 16.8 Å². The zero-order valence-corrected chi connectivity index (χ0v) is 16.1. The summed E-state index contributed by atoms with van der Waals surface area (Å²) in [6.07, 6.45) is 0. The summed E-state index contributed by atoms with van der Waals surface area (Å²) < 4.78 is 57.5. The summed E-state index contributed by atoms with van der Waals surface area (Å²) in [4.78, 5) is 0.243. The number of nitrogens with zero attached hydrogens (tertiary/aromatic N) is 2. The average molecular weight is 377 g/mol. The molecule has 2 rings (SSSR count). The lowest BCUT2D eigenvalue weighted by atomic mass is 10.1. The maximum atomic E-state index is 12.9. The van der Waals surface area contributed by atoms with E-state index in [9.17, 15) is 16.8 Å². The number of hydrogen-bond acceptors (Lipinski definition) is 5. The predicted octanol–water partition coefficient (Wildman–Crippen LogP) is 0.968. The van der Waals surface area contributed by atoms with Gasteiger partial charge in [-0.15, -0.1) is 0 Å². The fourth-order valence-corrected chi connectivity index (χ4v) is 5.57. The van der Waals surface area contributed by atoms with Crippen LogP contribution in [0.3, 0.4) is 0 Å². The molecule has 1 aromatic carbocycles. The van der Waals surface area contributed by atoms with Crippen LogP contribution in [0.1, 0.15) is 18.1 Å². The molecule has 0 spiro atoms. The number of rotatable bonds is 5. The number of ether oxygens (including phenoxy) is 1. The van der Waals surface area contributed by atoms with E-state index in [-0.39, 0.29) is 36.8 Å². The number of sulfonamides is 2. The molecule has 1 aliphatic heterocycles. The van der Waals surface area contributed by atoms with Gasteiger partial charge in [0.25, 0.3) is 0 Å². The van der Waals surface area contributed by atoms with Gasteiger partial charge in [-0.3, -0.25) is 0 Å². The van der Waals surface area contributed by atoms with Gasteiger partial charge < -0.3 is 4.74 Å². The van der Waals surface area contributed by atoms with E-state index in [4.69, 9.17) is 4.74 Å². The zero-order valence-electron chi connectivity index (χ0n) is 14.4. The highest BCUT2D eigenvalue weighted by molar-refractivity contribution is 7.89. The lowest BCUT2D eigenvalue weighted by Gasteiger charge is -2.33. The lowest BCUT2D eigenvalue weighted by Crippen LogP contribution is -2.50. The van der Waals surface area contributed by atoms with Gasteiger partial charge in [0.1, 0.15) is 5.75 Å². The number of piperazine rings is 1. The second-order valence-electron chi connectivity index (χ2n) is 5.79. The first-order valence-electron chi connectivity index (χ1n) is 7.76. The van der Waals surface area contributed by atoms with Crippen LogP contribution >= 0.6 is 0 Å². The minimum atomic E-state index is -3.66. The second kappa shape index (κ2) is 6.99. The van der Waals surface area contributed by atoms with Crippen molar-refractivity contribution in [2.45, 2.75) is 25.7 Å². The van der Waals surface area contributed by atoms with Crippen LogP contribution in [-0.2, 0) is 20.0 Å². The summed E-state index contributed by atoms with van der Waals surface area (Å²) in [5.74, 6) is 0.668. The molecule has 136 valence electrons. The Morgan fingerprint density at radius 1 is 0.958 bits per heavy atom. The summed E-state index contributed by atoms with van der Waals surface area (Å²) in [5.41, 5.74) is 1.36. The number of hydrogen-bond donors (Lipinski definition) is 0. The highest BCUT2D eigenvalue weighted by Gasteiger charge is 2.33. The molecular formula is C15H24N2O5S2. The first-order valence-corrected chi connectivity index (χ1v) is 10.8. The van der Waals surface area contributed by atoms with Crippen molar-refractivity contribution in [2.75, 3.05) is 39.0 Å². The molecular weight excluding hydrogens is 352 g/mol. The normalized spacial score (nSPS) is 17.8. The Morgan fingerprint density at radius 3 is 2.00 bits per heavy atom. The Balaban J connectivity index is 2.26. The van der Waals surface area contributed by atoms with E-state index in [1.807, 2.05) is 0 Å². The third kappa shape index (κ3) is 3.58. The summed E-state index contributed by atoms with van der Waals surface area (Å²) >= 11 is 0. The van der Waals surface area contributed by atoms with Crippen molar-refractivity contribution >= 4 is 20.0 Å². The lowest BCUT2D eigenvalue weighted by molar-refractivity contribution is 0.273. The molecule has 24 heavy (non-hydrogen) atoms. The Morgan fingerprint density at radius 2 is 1.50 bits per heavy atom. The summed E-state index contributed by atoms with van der Waals surface area (Å²) in [5, 5.41) is 0. The average Bonchev–Trinajstić information content (AvgIpc) is 2.56. The van der Waals surface area contributed by atoms with E-state index < -0.39 is 20.0 Å². The van der Waals surface area contributed by atoms with Gasteiger partial charge in [0.2, 0.25) is 20.0 Å². The van der Waals surface area contributed by atoms with E-state index >= 15 is 0 Å². The molecule has 0 saturated carbocycles. The number of aryl methyl sites for hydroxylation is 2. The molecule has 0 N–H and O–H groups in total. The second-order valence-corrected chi connectivity index (χ2v) is 9.95.